The molecule has 2 nitrogen and oxygen atoms in total. The maximum absolute atomic E-state index is 4.32. The molecule has 1 heterocycles. The highest BCUT2D eigenvalue weighted by Crippen LogP contribution is 2.68. The molecule has 0 saturated heterocycles. The van der Waals surface area contributed by atoms with Crippen LogP contribution < -0.4 is 5.32 Å². The molecule has 1 spiro atoms. The highest BCUT2D eigenvalue weighted by molar-refractivity contribution is 5.31. The smallest absolute Gasteiger partial charge is 0.0306 e. The molecule has 3 fully saturated rings. The van der Waals surface area contributed by atoms with Crippen molar-refractivity contribution in [1.82, 2.24) is 10.3 Å². The highest BCUT2D eigenvalue weighted by Gasteiger charge is 2.61. The third-order valence-electron chi connectivity index (χ3n) is 4.96. The van der Waals surface area contributed by atoms with Gasteiger partial charge in [0, 0.05) is 30.4 Å². The zero-order chi connectivity index (χ0) is 11.3. The van der Waals surface area contributed by atoms with Gasteiger partial charge in [0.1, 0.15) is 0 Å². The average molecular weight is 228 g/mol. The van der Waals surface area contributed by atoms with Crippen molar-refractivity contribution >= 4 is 0 Å². The van der Waals surface area contributed by atoms with Crippen LogP contribution in [0.4, 0.5) is 0 Å². The summed E-state index contributed by atoms with van der Waals surface area (Å²) in [5.41, 5.74) is 2.62. The molecule has 1 aromatic rings. The number of rotatable bonds is 4. The fourth-order valence-electron chi connectivity index (χ4n) is 3.65. The van der Waals surface area contributed by atoms with Gasteiger partial charge in [-0.3, -0.25) is 4.98 Å². The van der Waals surface area contributed by atoms with Crippen molar-refractivity contribution in [3.8, 4) is 0 Å². The topological polar surface area (TPSA) is 24.9 Å². The number of nitrogens with zero attached hydrogens (tertiary/aromatic N) is 1. The summed E-state index contributed by atoms with van der Waals surface area (Å²) in [6, 6.07) is 5.18. The van der Waals surface area contributed by atoms with Crippen LogP contribution in [0.25, 0.3) is 0 Å². The summed E-state index contributed by atoms with van der Waals surface area (Å²) in [5, 5.41) is 3.74. The lowest BCUT2D eigenvalue weighted by atomic mass is 9.56. The molecule has 0 bridgehead atoms. The maximum atomic E-state index is 4.32. The van der Waals surface area contributed by atoms with Crippen LogP contribution in [0.2, 0.25) is 0 Å². The summed E-state index contributed by atoms with van der Waals surface area (Å²) in [5.74, 6) is 0. The lowest BCUT2D eigenvalue weighted by molar-refractivity contribution is 0.115. The zero-order valence-corrected chi connectivity index (χ0v) is 10.3. The molecule has 0 amide bonds. The molecule has 3 aliphatic carbocycles. The Hall–Kier alpha value is -0.890. The van der Waals surface area contributed by atoms with Gasteiger partial charge < -0.3 is 5.32 Å². The molecule has 17 heavy (non-hydrogen) atoms. The second-order valence-electron chi connectivity index (χ2n) is 6.53. The molecule has 3 aliphatic rings. The Labute approximate surface area is 103 Å². The van der Waals surface area contributed by atoms with E-state index in [1.807, 2.05) is 6.20 Å². The van der Waals surface area contributed by atoms with Crippen LogP contribution in [0.15, 0.2) is 24.5 Å². The Balaban J connectivity index is 1.55. The minimum atomic E-state index is 0.410. The van der Waals surface area contributed by atoms with Crippen LogP contribution in [0.5, 0.6) is 0 Å². The Morgan fingerprint density at radius 1 is 1.29 bits per heavy atom. The second-order valence-corrected chi connectivity index (χ2v) is 6.53. The van der Waals surface area contributed by atoms with E-state index in [0.717, 1.165) is 11.5 Å². The van der Waals surface area contributed by atoms with Crippen molar-refractivity contribution < 1.29 is 0 Å². The maximum Gasteiger partial charge on any atom is 0.0306 e. The minimum Gasteiger partial charge on any atom is -0.313 e. The van der Waals surface area contributed by atoms with E-state index in [4.69, 9.17) is 0 Å². The summed E-state index contributed by atoms with van der Waals surface area (Å²) in [6.07, 6.45) is 12.5. The molecule has 90 valence electrons. The molecular formula is C15H20N2. The molecule has 0 radical (unpaired) electrons. The molecule has 0 aliphatic heterocycles. The van der Waals surface area contributed by atoms with Gasteiger partial charge in [0.05, 0.1) is 0 Å². The molecule has 1 N–H and O–H groups in total. The molecule has 0 atom stereocenters. The van der Waals surface area contributed by atoms with Gasteiger partial charge in [-0.2, -0.15) is 0 Å². The summed E-state index contributed by atoms with van der Waals surface area (Å²) >= 11 is 0. The fraction of sp³-hybridized carbons (Fsp3) is 0.667. The van der Waals surface area contributed by atoms with Crippen LogP contribution in [0.1, 0.15) is 44.1 Å². The van der Waals surface area contributed by atoms with E-state index in [1.165, 1.54) is 50.6 Å². The number of nitrogens with one attached hydrogen (secondary N) is 1. The van der Waals surface area contributed by atoms with E-state index in [0.29, 0.717) is 5.41 Å². The second kappa shape index (κ2) is 3.32. The molecule has 0 aromatic carbocycles. The Kier molecular flexibility index (Phi) is 1.97. The summed E-state index contributed by atoms with van der Waals surface area (Å²) in [4.78, 5) is 4.32. The summed E-state index contributed by atoms with van der Waals surface area (Å²) in [6.45, 7) is 1.17. The zero-order valence-electron chi connectivity index (χ0n) is 10.3. The van der Waals surface area contributed by atoms with Crippen molar-refractivity contribution in [3.63, 3.8) is 0 Å². The van der Waals surface area contributed by atoms with Gasteiger partial charge >= 0.3 is 0 Å². The average Bonchev–Trinajstić information content (AvgIpc) is 3.20. The third kappa shape index (κ3) is 1.70. The molecule has 4 rings (SSSR count). The highest BCUT2D eigenvalue weighted by atomic mass is 15.0. The van der Waals surface area contributed by atoms with Gasteiger partial charge in [-0.25, -0.2) is 0 Å². The number of hydrogen-bond donors (Lipinski definition) is 1. The number of pyridine rings is 1. The monoisotopic (exact) mass is 228 g/mol. The molecule has 1 aromatic heterocycles. The van der Waals surface area contributed by atoms with E-state index in [1.54, 1.807) is 0 Å². The molecule has 2 heteroatoms. The van der Waals surface area contributed by atoms with Gasteiger partial charge in [-0.05, 0) is 55.6 Å². The molecular weight excluding hydrogens is 208 g/mol. The van der Waals surface area contributed by atoms with E-state index >= 15 is 0 Å². The quantitative estimate of drug-likeness (QED) is 0.857. The van der Waals surface area contributed by atoms with Crippen LogP contribution >= 0.6 is 0 Å². The standard InChI is InChI=1S/C15H20N2/c1-2-12(8-16-7-1)15(11-17-13-3-4-13)9-14(10-15)5-6-14/h1-2,7-8,13,17H,3-6,9-11H2. The number of hydrogen-bond acceptors (Lipinski definition) is 2. The largest absolute Gasteiger partial charge is 0.313 e. The fourth-order valence-corrected chi connectivity index (χ4v) is 3.65. The van der Waals surface area contributed by atoms with E-state index < -0.39 is 0 Å². The molecule has 0 unspecified atom stereocenters. The summed E-state index contributed by atoms with van der Waals surface area (Å²) in [7, 11) is 0. The number of aromatic nitrogens is 1. The lowest BCUT2D eigenvalue weighted by Gasteiger charge is -2.49. The first kappa shape index (κ1) is 10.1. The van der Waals surface area contributed by atoms with Crippen molar-refractivity contribution in [3.05, 3.63) is 30.1 Å². The van der Waals surface area contributed by atoms with Gasteiger partial charge in [0.2, 0.25) is 0 Å². The van der Waals surface area contributed by atoms with Crippen LogP contribution in [0, 0.1) is 5.41 Å². The van der Waals surface area contributed by atoms with Crippen molar-refractivity contribution in [2.75, 3.05) is 6.54 Å². The van der Waals surface area contributed by atoms with Crippen molar-refractivity contribution in [2.24, 2.45) is 5.41 Å². The first-order chi connectivity index (χ1) is 8.30. The molecule has 3 saturated carbocycles. The Morgan fingerprint density at radius 2 is 2.12 bits per heavy atom. The van der Waals surface area contributed by atoms with Crippen molar-refractivity contribution in [2.45, 2.75) is 50.0 Å². The Morgan fingerprint density at radius 3 is 2.71 bits per heavy atom. The van der Waals surface area contributed by atoms with Crippen LogP contribution in [-0.2, 0) is 5.41 Å². The van der Waals surface area contributed by atoms with E-state index in [9.17, 15) is 0 Å². The van der Waals surface area contributed by atoms with E-state index in [-0.39, 0.29) is 0 Å². The lowest BCUT2D eigenvalue weighted by Crippen LogP contribution is -2.50. The normalized spacial score (nSPS) is 27.8. The SMILES string of the molecule is c1cncc(C2(CNC3CC3)CC3(CC3)C2)c1. The third-order valence-corrected chi connectivity index (χ3v) is 4.96. The first-order valence-corrected chi connectivity index (χ1v) is 6.94. The van der Waals surface area contributed by atoms with E-state index in [2.05, 4.69) is 28.6 Å². The Bertz CT molecular complexity index is 410. The minimum absolute atomic E-state index is 0.410. The van der Waals surface area contributed by atoms with Gasteiger partial charge in [0.15, 0.2) is 0 Å². The predicted molar refractivity (Wildman–Crippen MR) is 67.8 cm³/mol. The summed E-state index contributed by atoms with van der Waals surface area (Å²) < 4.78 is 0. The van der Waals surface area contributed by atoms with Crippen molar-refractivity contribution in [1.29, 1.82) is 0 Å². The van der Waals surface area contributed by atoms with Crippen LogP contribution in [-0.4, -0.2) is 17.6 Å². The van der Waals surface area contributed by atoms with Gasteiger partial charge in [-0.15, -0.1) is 0 Å². The first-order valence-electron chi connectivity index (χ1n) is 6.94. The van der Waals surface area contributed by atoms with Crippen LogP contribution in [0.3, 0.4) is 0 Å². The van der Waals surface area contributed by atoms with Gasteiger partial charge in [-0.1, -0.05) is 6.07 Å². The predicted octanol–water partition coefficient (Wildman–Crippen LogP) is 2.65. The van der Waals surface area contributed by atoms with Gasteiger partial charge in [0.25, 0.3) is 0 Å².